The number of halogens is 2. The Morgan fingerprint density at radius 1 is 1.62 bits per heavy atom. The number of hydrogen-bond acceptors (Lipinski definition) is 2. The van der Waals surface area contributed by atoms with E-state index in [1.807, 2.05) is 25.1 Å². The summed E-state index contributed by atoms with van der Waals surface area (Å²) in [6.07, 6.45) is 0. The molecule has 1 rings (SSSR count). The van der Waals surface area contributed by atoms with E-state index in [1.54, 1.807) is 0 Å². The van der Waals surface area contributed by atoms with Gasteiger partial charge in [-0.3, -0.25) is 0 Å². The van der Waals surface area contributed by atoms with Crippen LogP contribution in [0, 0.1) is 0 Å². The van der Waals surface area contributed by atoms with Crippen LogP contribution < -0.4 is 5.90 Å². The van der Waals surface area contributed by atoms with E-state index < -0.39 is 0 Å². The maximum Gasteiger partial charge on any atom is 0.0745 e. The van der Waals surface area contributed by atoms with Gasteiger partial charge in [-0.15, -0.1) is 0 Å². The molecule has 13 heavy (non-hydrogen) atoms. The number of benzene rings is 1. The van der Waals surface area contributed by atoms with E-state index in [2.05, 4.69) is 20.8 Å². The van der Waals surface area contributed by atoms with Gasteiger partial charge in [0.2, 0.25) is 0 Å². The zero-order valence-electron chi connectivity index (χ0n) is 7.26. The SMILES string of the molecule is CC(CON)c1cc(Cl)ccc1Br. The molecule has 0 bridgehead atoms. The molecule has 1 unspecified atom stereocenters. The van der Waals surface area contributed by atoms with Gasteiger partial charge in [-0.1, -0.05) is 34.5 Å². The van der Waals surface area contributed by atoms with Crippen LogP contribution in [-0.2, 0) is 4.84 Å². The minimum Gasteiger partial charge on any atom is -0.304 e. The molecular weight excluding hydrogens is 253 g/mol. The molecule has 2 N–H and O–H groups in total. The summed E-state index contributed by atoms with van der Waals surface area (Å²) in [5.41, 5.74) is 1.11. The fraction of sp³-hybridized carbons (Fsp3) is 0.333. The Hall–Kier alpha value is -0.0900. The predicted molar refractivity (Wildman–Crippen MR) is 57.7 cm³/mol. The van der Waals surface area contributed by atoms with Gasteiger partial charge in [0.1, 0.15) is 0 Å². The van der Waals surface area contributed by atoms with Gasteiger partial charge in [0, 0.05) is 15.4 Å². The third kappa shape index (κ3) is 2.95. The highest BCUT2D eigenvalue weighted by Crippen LogP contribution is 2.27. The molecule has 0 aliphatic heterocycles. The molecule has 0 radical (unpaired) electrons. The number of hydrogen-bond donors (Lipinski definition) is 1. The Morgan fingerprint density at radius 3 is 2.92 bits per heavy atom. The Kier molecular flexibility index (Phi) is 4.19. The zero-order valence-corrected chi connectivity index (χ0v) is 9.60. The van der Waals surface area contributed by atoms with Gasteiger partial charge in [-0.2, -0.15) is 0 Å². The lowest BCUT2D eigenvalue weighted by Crippen LogP contribution is -2.08. The molecule has 2 nitrogen and oxygen atoms in total. The van der Waals surface area contributed by atoms with E-state index >= 15 is 0 Å². The Morgan fingerprint density at radius 2 is 2.31 bits per heavy atom. The van der Waals surface area contributed by atoms with E-state index in [9.17, 15) is 0 Å². The first-order chi connectivity index (χ1) is 6.15. The fourth-order valence-electron chi connectivity index (χ4n) is 1.13. The summed E-state index contributed by atoms with van der Waals surface area (Å²) >= 11 is 9.31. The van der Waals surface area contributed by atoms with Crippen LogP contribution in [-0.4, -0.2) is 6.61 Å². The van der Waals surface area contributed by atoms with Crippen molar-refractivity contribution in [2.24, 2.45) is 5.90 Å². The fourth-order valence-corrected chi connectivity index (χ4v) is 1.94. The number of nitrogens with two attached hydrogens (primary N) is 1. The number of rotatable bonds is 3. The molecule has 72 valence electrons. The highest BCUT2D eigenvalue weighted by atomic mass is 79.9. The minimum atomic E-state index is 0.234. The van der Waals surface area contributed by atoms with Crippen molar-refractivity contribution < 1.29 is 4.84 Å². The van der Waals surface area contributed by atoms with Crippen LogP contribution in [0.25, 0.3) is 0 Å². The lowest BCUT2D eigenvalue weighted by molar-refractivity contribution is 0.126. The first-order valence-corrected chi connectivity index (χ1v) is 5.09. The lowest BCUT2D eigenvalue weighted by atomic mass is 10.0. The van der Waals surface area contributed by atoms with Gasteiger partial charge in [0.15, 0.2) is 0 Å². The molecule has 0 saturated carbocycles. The third-order valence-corrected chi connectivity index (χ3v) is 2.79. The summed E-state index contributed by atoms with van der Waals surface area (Å²) in [6, 6.07) is 5.67. The second-order valence-corrected chi connectivity index (χ2v) is 4.19. The maximum atomic E-state index is 5.87. The molecule has 0 fully saturated rings. The third-order valence-electron chi connectivity index (χ3n) is 1.84. The maximum absolute atomic E-state index is 5.87. The van der Waals surface area contributed by atoms with Crippen LogP contribution >= 0.6 is 27.5 Å². The molecule has 0 spiro atoms. The summed E-state index contributed by atoms with van der Waals surface area (Å²) in [5.74, 6) is 5.24. The molecule has 0 aliphatic rings. The van der Waals surface area contributed by atoms with Crippen molar-refractivity contribution in [1.29, 1.82) is 0 Å². The average molecular weight is 265 g/mol. The van der Waals surface area contributed by atoms with Crippen molar-refractivity contribution in [2.45, 2.75) is 12.8 Å². The van der Waals surface area contributed by atoms with Crippen molar-refractivity contribution >= 4 is 27.5 Å². The summed E-state index contributed by atoms with van der Waals surface area (Å²) < 4.78 is 1.03. The predicted octanol–water partition coefficient (Wildman–Crippen LogP) is 3.10. The van der Waals surface area contributed by atoms with Crippen molar-refractivity contribution in [3.8, 4) is 0 Å². The van der Waals surface area contributed by atoms with E-state index in [0.29, 0.717) is 6.61 Å². The Bertz CT molecular complexity index is 293. The van der Waals surface area contributed by atoms with Gasteiger partial charge >= 0.3 is 0 Å². The van der Waals surface area contributed by atoms with Gasteiger partial charge in [0.05, 0.1) is 6.61 Å². The summed E-state index contributed by atoms with van der Waals surface area (Å²) in [6.45, 7) is 2.52. The van der Waals surface area contributed by atoms with Gasteiger partial charge in [-0.25, -0.2) is 5.90 Å². The van der Waals surface area contributed by atoms with Gasteiger partial charge in [-0.05, 0) is 23.8 Å². The highest BCUT2D eigenvalue weighted by Gasteiger charge is 2.09. The average Bonchev–Trinajstić information content (AvgIpc) is 2.09. The lowest BCUT2D eigenvalue weighted by Gasteiger charge is -2.12. The van der Waals surface area contributed by atoms with E-state index in [-0.39, 0.29) is 5.92 Å². The van der Waals surface area contributed by atoms with Crippen LogP contribution in [0.3, 0.4) is 0 Å². The van der Waals surface area contributed by atoms with Gasteiger partial charge in [0.25, 0.3) is 0 Å². The topological polar surface area (TPSA) is 35.2 Å². The van der Waals surface area contributed by atoms with E-state index in [0.717, 1.165) is 15.1 Å². The standard InChI is InChI=1S/C9H11BrClNO/c1-6(5-13-12)8-4-7(11)2-3-9(8)10/h2-4,6H,5,12H2,1H3. The first kappa shape index (κ1) is 11.0. The second kappa shape index (κ2) is 4.96. The molecule has 1 aromatic carbocycles. The normalized spacial score (nSPS) is 12.9. The Balaban J connectivity index is 2.91. The van der Waals surface area contributed by atoms with Crippen molar-refractivity contribution in [1.82, 2.24) is 0 Å². The van der Waals surface area contributed by atoms with Crippen molar-refractivity contribution in [3.63, 3.8) is 0 Å². The molecule has 1 aromatic rings. The van der Waals surface area contributed by atoms with Crippen LogP contribution in [0.1, 0.15) is 18.4 Å². The van der Waals surface area contributed by atoms with Crippen LogP contribution in [0.2, 0.25) is 5.02 Å². The van der Waals surface area contributed by atoms with Crippen molar-refractivity contribution in [3.05, 3.63) is 33.3 Å². The van der Waals surface area contributed by atoms with Crippen LogP contribution in [0.5, 0.6) is 0 Å². The van der Waals surface area contributed by atoms with Crippen LogP contribution in [0.15, 0.2) is 22.7 Å². The van der Waals surface area contributed by atoms with Gasteiger partial charge < -0.3 is 4.84 Å². The molecule has 0 heterocycles. The molecule has 0 amide bonds. The van der Waals surface area contributed by atoms with Crippen molar-refractivity contribution in [2.75, 3.05) is 6.61 Å². The van der Waals surface area contributed by atoms with E-state index in [1.165, 1.54) is 0 Å². The Labute approximate surface area is 91.1 Å². The summed E-state index contributed by atoms with van der Waals surface area (Å²) in [7, 11) is 0. The summed E-state index contributed by atoms with van der Waals surface area (Å²) in [5, 5.41) is 0.724. The highest BCUT2D eigenvalue weighted by molar-refractivity contribution is 9.10. The quantitative estimate of drug-likeness (QED) is 0.852. The molecule has 0 aromatic heterocycles. The second-order valence-electron chi connectivity index (χ2n) is 2.90. The molecule has 1 atom stereocenters. The van der Waals surface area contributed by atoms with Crippen LogP contribution in [0.4, 0.5) is 0 Å². The molecule has 4 heteroatoms. The minimum absolute atomic E-state index is 0.234. The molecule has 0 aliphatic carbocycles. The zero-order chi connectivity index (χ0) is 9.84. The molecular formula is C9H11BrClNO. The monoisotopic (exact) mass is 263 g/mol. The smallest absolute Gasteiger partial charge is 0.0745 e. The van der Waals surface area contributed by atoms with E-state index in [4.69, 9.17) is 17.5 Å². The largest absolute Gasteiger partial charge is 0.304 e. The first-order valence-electron chi connectivity index (χ1n) is 3.91. The summed E-state index contributed by atoms with van der Waals surface area (Å²) in [4.78, 5) is 4.59. The molecule has 0 saturated heterocycles.